The van der Waals surface area contributed by atoms with Crippen LogP contribution in [0.4, 0.5) is 0 Å². The quantitative estimate of drug-likeness (QED) is 0.895. The van der Waals surface area contributed by atoms with Crippen molar-refractivity contribution in [3.63, 3.8) is 0 Å². The molecule has 2 rings (SSSR count). The number of hydrogen-bond acceptors (Lipinski definition) is 4. The molecule has 0 bridgehead atoms. The van der Waals surface area contributed by atoms with E-state index in [0.717, 1.165) is 12.1 Å². The molecule has 0 spiro atoms. The molecule has 0 aliphatic rings. The average Bonchev–Trinajstić information content (AvgIpc) is 2.48. The predicted octanol–water partition coefficient (Wildman–Crippen LogP) is 2.90. The van der Waals surface area contributed by atoms with Crippen molar-refractivity contribution in [3.8, 4) is 17.2 Å². The molecule has 2 N–H and O–H groups in total. The minimum atomic E-state index is 0.339. The molecule has 0 saturated carbocycles. The number of aromatic nitrogens is 1. The molecular weight excluding hydrogens is 240 g/mol. The van der Waals surface area contributed by atoms with E-state index in [0.29, 0.717) is 23.8 Å². The van der Waals surface area contributed by atoms with Gasteiger partial charge in [-0.3, -0.25) is 4.98 Å². The van der Waals surface area contributed by atoms with Crippen molar-refractivity contribution >= 4 is 0 Å². The molecule has 0 aliphatic carbocycles. The maximum atomic E-state index is 5.85. The van der Waals surface area contributed by atoms with Gasteiger partial charge in [0.1, 0.15) is 5.75 Å². The van der Waals surface area contributed by atoms with Crippen LogP contribution in [0.5, 0.6) is 17.2 Å². The van der Waals surface area contributed by atoms with Crippen LogP contribution in [0, 0.1) is 0 Å². The Bertz CT molecular complexity index is 556. The van der Waals surface area contributed by atoms with Gasteiger partial charge in [0.2, 0.25) is 0 Å². The van der Waals surface area contributed by atoms with Gasteiger partial charge in [-0.05, 0) is 36.2 Å². The van der Waals surface area contributed by atoms with E-state index in [1.807, 2.05) is 30.3 Å². The molecule has 4 heteroatoms. The SMILES string of the molecule is CCc1ccc(Oc2cccnc2CN)c(OC)c1. The molecule has 0 atom stereocenters. The van der Waals surface area contributed by atoms with Crippen LogP contribution in [0.25, 0.3) is 0 Å². The Morgan fingerprint density at radius 3 is 2.68 bits per heavy atom. The van der Waals surface area contributed by atoms with Crippen molar-refractivity contribution in [1.82, 2.24) is 4.98 Å². The van der Waals surface area contributed by atoms with E-state index >= 15 is 0 Å². The predicted molar refractivity (Wildman–Crippen MR) is 74.6 cm³/mol. The molecule has 100 valence electrons. The monoisotopic (exact) mass is 258 g/mol. The number of rotatable bonds is 5. The van der Waals surface area contributed by atoms with Gasteiger partial charge >= 0.3 is 0 Å². The first-order valence-corrected chi connectivity index (χ1v) is 6.27. The second kappa shape index (κ2) is 6.20. The van der Waals surface area contributed by atoms with Crippen LogP contribution >= 0.6 is 0 Å². The fourth-order valence-corrected chi connectivity index (χ4v) is 1.80. The largest absolute Gasteiger partial charge is 0.493 e. The number of aryl methyl sites for hydroxylation is 1. The van der Waals surface area contributed by atoms with Crippen molar-refractivity contribution in [1.29, 1.82) is 0 Å². The summed E-state index contributed by atoms with van der Waals surface area (Å²) in [6.45, 7) is 2.44. The third kappa shape index (κ3) is 3.03. The molecule has 19 heavy (non-hydrogen) atoms. The third-order valence-corrected chi connectivity index (χ3v) is 2.90. The fourth-order valence-electron chi connectivity index (χ4n) is 1.80. The fraction of sp³-hybridized carbons (Fsp3) is 0.267. The summed E-state index contributed by atoms with van der Waals surface area (Å²) in [7, 11) is 1.63. The number of benzene rings is 1. The molecule has 4 nitrogen and oxygen atoms in total. The lowest BCUT2D eigenvalue weighted by atomic mass is 10.1. The van der Waals surface area contributed by atoms with Gasteiger partial charge in [-0.15, -0.1) is 0 Å². The zero-order valence-electron chi connectivity index (χ0n) is 11.2. The maximum Gasteiger partial charge on any atom is 0.169 e. The molecule has 0 aliphatic heterocycles. The Morgan fingerprint density at radius 2 is 2.00 bits per heavy atom. The highest BCUT2D eigenvalue weighted by Gasteiger charge is 2.09. The van der Waals surface area contributed by atoms with E-state index in [-0.39, 0.29) is 0 Å². The maximum absolute atomic E-state index is 5.85. The summed E-state index contributed by atoms with van der Waals surface area (Å²) in [6, 6.07) is 9.58. The number of nitrogens with two attached hydrogens (primary N) is 1. The Kier molecular flexibility index (Phi) is 4.36. The van der Waals surface area contributed by atoms with E-state index in [4.69, 9.17) is 15.2 Å². The van der Waals surface area contributed by atoms with E-state index in [9.17, 15) is 0 Å². The van der Waals surface area contributed by atoms with Crippen LogP contribution in [0.15, 0.2) is 36.5 Å². The lowest BCUT2D eigenvalue weighted by molar-refractivity contribution is 0.376. The molecule has 0 radical (unpaired) electrons. The van der Waals surface area contributed by atoms with Crippen LogP contribution in [-0.4, -0.2) is 12.1 Å². The zero-order valence-corrected chi connectivity index (χ0v) is 11.2. The number of ether oxygens (including phenoxy) is 2. The normalized spacial score (nSPS) is 10.3. The number of hydrogen-bond donors (Lipinski definition) is 1. The topological polar surface area (TPSA) is 57.4 Å². The molecule has 0 amide bonds. The third-order valence-electron chi connectivity index (χ3n) is 2.90. The Morgan fingerprint density at radius 1 is 1.16 bits per heavy atom. The van der Waals surface area contributed by atoms with E-state index in [1.54, 1.807) is 13.3 Å². The van der Waals surface area contributed by atoms with Gasteiger partial charge in [0.15, 0.2) is 11.5 Å². The molecule has 1 aromatic heterocycles. The number of nitrogens with zero attached hydrogens (tertiary/aromatic N) is 1. The number of methoxy groups -OCH3 is 1. The first kappa shape index (κ1) is 13.4. The van der Waals surface area contributed by atoms with Crippen molar-refractivity contribution in [2.24, 2.45) is 5.73 Å². The van der Waals surface area contributed by atoms with E-state index in [2.05, 4.69) is 11.9 Å². The Balaban J connectivity index is 2.32. The molecular formula is C15H18N2O2. The van der Waals surface area contributed by atoms with Crippen molar-refractivity contribution < 1.29 is 9.47 Å². The molecule has 0 fully saturated rings. The van der Waals surface area contributed by atoms with Gasteiger partial charge < -0.3 is 15.2 Å². The molecule has 1 aromatic carbocycles. The first-order valence-electron chi connectivity index (χ1n) is 6.27. The molecule has 0 saturated heterocycles. The lowest BCUT2D eigenvalue weighted by Gasteiger charge is -2.13. The Hall–Kier alpha value is -2.07. The highest BCUT2D eigenvalue weighted by molar-refractivity contribution is 5.46. The smallest absolute Gasteiger partial charge is 0.169 e. The minimum absolute atomic E-state index is 0.339. The van der Waals surface area contributed by atoms with Gasteiger partial charge in [-0.25, -0.2) is 0 Å². The van der Waals surface area contributed by atoms with Crippen molar-refractivity contribution in [2.75, 3.05) is 7.11 Å². The van der Waals surface area contributed by atoms with Gasteiger partial charge in [-0.2, -0.15) is 0 Å². The molecule has 1 heterocycles. The summed E-state index contributed by atoms with van der Waals surface area (Å²) in [5, 5.41) is 0. The summed E-state index contributed by atoms with van der Waals surface area (Å²) < 4.78 is 11.2. The van der Waals surface area contributed by atoms with Gasteiger partial charge in [-0.1, -0.05) is 13.0 Å². The highest BCUT2D eigenvalue weighted by Crippen LogP contribution is 2.33. The van der Waals surface area contributed by atoms with Gasteiger partial charge in [0.05, 0.1) is 12.8 Å². The van der Waals surface area contributed by atoms with Crippen LogP contribution in [0.1, 0.15) is 18.2 Å². The standard InChI is InChI=1S/C15H18N2O2/c1-3-11-6-7-14(15(9-11)18-2)19-13-5-4-8-17-12(13)10-16/h4-9H,3,10,16H2,1-2H3. The van der Waals surface area contributed by atoms with Crippen LogP contribution in [0.2, 0.25) is 0 Å². The summed E-state index contributed by atoms with van der Waals surface area (Å²) in [4.78, 5) is 4.19. The van der Waals surface area contributed by atoms with Crippen LogP contribution in [0.3, 0.4) is 0 Å². The van der Waals surface area contributed by atoms with E-state index < -0.39 is 0 Å². The average molecular weight is 258 g/mol. The Labute approximate surface area is 113 Å². The summed E-state index contributed by atoms with van der Waals surface area (Å²) in [5.74, 6) is 2.04. The van der Waals surface area contributed by atoms with Crippen LogP contribution < -0.4 is 15.2 Å². The number of pyridine rings is 1. The van der Waals surface area contributed by atoms with Crippen molar-refractivity contribution in [3.05, 3.63) is 47.8 Å². The van der Waals surface area contributed by atoms with Gasteiger partial charge in [0, 0.05) is 12.7 Å². The summed E-state index contributed by atoms with van der Waals surface area (Å²) in [5.41, 5.74) is 7.58. The van der Waals surface area contributed by atoms with Crippen molar-refractivity contribution in [2.45, 2.75) is 19.9 Å². The summed E-state index contributed by atoms with van der Waals surface area (Å²) in [6.07, 6.45) is 2.66. The van der Waals surface area contributed by atoms with Gasteiger partial charge in [0.25, 0.3) is 0 Å². The molecule has 2 aromatic rings. The lowest BCUT2D eigenvalue weighted by Crippen LogP contribution is -2.02. The first-order chi connectivity index (χ1) is 9.28. The highest BCUT2D eigenvalue weighted by atomic mass is 16.5. The minimum Gasteiger partial charge on any atom is -0.493 e. The second-order valence-corrected chi connectivity index (χ2v) is 4.09. The van der Waals surface area contributed by atoms with E-state index in [1.165, 1.54) is 5.56 Å². The summed E-state index contributed by atoms with van der Waals surface area (Å²) >= 11 is 0. The van der Waals surface area contributed by atoms with Crippen LogP contribution in [-0.2, 0) is 13.0 Å². The molecule has 0 unspecified atom stereocenters. The second-order valence-electron chi connectivity index (χ2n) is 4.09. The zero-order chi connectivity index (χ0) is 13.7.